The molecular formula is C10H21NO3. The molecule has 4 nitrogen and oxygen atoms in total. The van der Waals surface area contributed by atoms with Crippen LogP contribution in [0.2, 0.25) is 0 Å². The highest BCUT2D eigenvalue weighted by Crippen LogP contribution is 2.18. The molecule has 1 fully saturated rings. The highest BCUT2D eigenvalue weighted by Gasteiger charge is 2.27. The summed E-state index contributed by atoms with van der Waals surface area (Å²) in [5.74, 6) is 0. The fraction of sp³-hybridized carbons (Fsp3) is 1.00. The molecule has 1 atom stereocenters. The summed E-state index contributed by atoms with van der Waals surface area (Å²) in [5, 5.41) is 3.42. The molecule has 0 spiro atoms. The van der Waals surface area contributed by atoms with E-state index < -0.39 is 0 Å². The van der Waals surface area contributed by atoms with Crippen LogP contribution in [0, 0.1) is 0 Å². The minimum absolute atomic E-state index is 0.0769. The molecule has 14 heavy (non-hydrogen) atoms. The highest BCUT2D eigenvalue weighted by atomic mass is 16.7. The van der Waals surface area contributed by atoms with Gasteiger partial charge in [0.2, 0.25) is 0 Å². The highest BCUT2D eigenvalue weighted by molar-refractivity contribution is 4.85. The molecular weight excluding hydrogens is 182 g/mol. The van der Waals surface area contributed by atoms with Crippen LogP contribution in [0.25, 0.3) is 0 Å². The summed E-state index contributed by atoms with van der Waals surface area (Å²) in [7, 11) is 3.30. The molecule has 0 aliphatic carbocycles. The maximum absolute atomic E-state index is 5.44. The normalized spacial score (nSPS) is 28.3. The minimum atomic E-state index is -0.172. The van der Waals surface area contributed by atoms with Crippen molar-refractivity contribution in [1.82, 2.24) is 5.32 Å². The fourth-order valence-electron chi connectivity index (χ4n) is 1.67. The molecule has 1 N–H and O–H groups in total. The van der Waals surface area contributed by atoms with Crippen molar-refractivity contribution in [2.45, 2.75) is 31.6 Å². The second kappa shape index (κ2) is 5.66. The Morgan fingerprint density at radius 2 is 2.14 bits per heavy atom. The first kappa shape index (κ1) is 11.9. The number of ether oxygens (including phenoxy) is 3. The van der Waals surface area contributed by atoms with Gasteiger partial charge in [-0.05, 0) is 19.8 Å². The van der Waals surface area contributed by atoms with Gasteiger partial charge in [0.25, 0.3) is 0 Å². The number of rotatable bonds is 5. The van der Waals surface area contributed by atoms with Crippen LogP contribution in [0.15, 0.2) is 0 Å². The van der Waals surface area contributed by atoms with Crippen molar-refractivity contribution < 1.29 is 14.2 Å². The van der Waals surface area contributed by atoms with Crippen LogP contribution in [0.4, 0.5) is 0 Å². The van der Waals surface area contributed by atoms with Crippen LogP contribution in [0.1, 0.15) is 19.8 Å². The molecule has 1 unspecified atom stereocenters. The third-order valence-electron chi connectivity index (χ3n) is 2.66. The van der Waals surface area contributed by atoms with Gasteiger partial charge >= 0.3 is 0 Å². The van der Waals surface area contributed by atoms with Crippen LogP contribution in [0.3, 0.4) is 0 Å². The standard InChI is InChI=1S/C10H21NO3/c1-10(5-4-6-14-8-10)11-7-9(12-2)13-3/h9,11H,4-8H2,1-3H3. The molecule has 1 heterocycles. The van der Waals surface area contributed by atoms with Gasteiger partial charge in [-0.2, -0.15) is 0 Å². The molecule has 0 aromatic rings. The van der Waals surface area contributed by atoms with Gasteiger partial charge in [0.15, 0.2) is 6.29 Å². The molecule has 1 saturated heterocycles. The van der Waals surface area contributed by atoms with Crippen molar-refractivity contribution in [2.75, 3.05) is 34.0 Å². The van der Waals surface area contributed by atoms with Crippen molar-refractivity contribution in [2.24, 2.45) is 0 Å². The van der Waals surface area contributed by atoms with Crippen LogP contribution < -0.4 is 5.32 Å². The Hall–Kier alpha value is -0.160. The van der Waals surface area contributed by atoms with Crippen LogP contribution in [-0.2, 0) is 14.2 Å². The van der Waals surface area contributed by atoms with E-state index in [4.69, 9.17) is 14.2 Å². The van der Waals surface area contributed by atoms with E-state index in [2.05, 4.69) is 12.2 Å². The van der Waals surface area contributed by atoms with Gasteiger partial charge < -0.3 is 19.5 Å². The summed E-state index contributed by atoms with van der Waals surface area (Å²) in [6.45, 7) is 4.53. The van der Waals surface area contributed by atoms with E-state index in [0.717, 1.165) is 26.1 Å². The van der Waals surface area contributed by atoms with E-state index in [1.807, 2.05) is 0 Å². The number of methoxy groups -OCH3 is 2. The van der Waals surface area contributed by atoms with Gasteiger partial charge in [0, 0.05) is 32.9 Å². The van der Waals surface area contributed by atoms with Gasteiger partial charge in [-0.25, -0.2) is 0 Å². The Bertz CT molecular complexity index is 153. The van der Waals surface area contributed by atoms with Crippen molar-refractivity contribution >= 4 is 0 Å². The fourth-order valence-corrected chi connectivity index (χ4v) is 1.67. The number of nitrogens with one attached hydrogen (secondary N) is 1. The first-order valence-electron chi connectivity index (χ1n) is 5.08. The van der Waals surface area contributed by atoms with E-state index in [1.165, 1.54) is 0 Å². The second-order valence-electron chi connectivity index (χ2n) is 4.00. The molecule has 1 rings (SSSR count). The summed E-state index contributed by atoms with van der Waals surface area (Å²) in [6.07, 6.45) is 2.09. The van der Waals surface area contributed by atoms with Gasteiger partial charge in [0.05, 0.1) is 6.61 Å². The summed E-state index contributed by atoms with van der Waals surface area (Å²) in [5.41, 5.74) is 0.0769. The lowest BCUT2D eigenvalue weighted by molar-refractivity contribution is -0.105. The topological polar surface area (TPSA) is 39.7 Å². The van der Waals surface area contributed by atoms with Crippen LogP contribution >= 0.6 is 0 Å². The summed E-state index contributed by atoms with van der Waals surface area (Å²) < 4.78 is 15.7. The maximum Gasteiger partial charge on any atom is 0.169 e. The molecule has 1 aliphatic rings. The minimum Gasteiger partial charge on any atom is -0.380 e. The zero-order valence-corrected chi connectivity index (χ0v) is 9.34. The molecule has 0 aromatic heterocycles. The first-order chi connectivity index (χ1) is 6.70. The van der Waals surface area contributed by atoms with Gasteiger partial charge in [-0.1, -0.05) is 0 Å². The average Bonchev–Trinajstić information content (AvgIpc) is 2.20. The van der Waals surface area contributed by atoms with E-state index in [0.29, 0.717) is 6.54 Å². The van der Waals surface area contributed by atoms with E-state index in [1.54, 1.807) is 14.2 Å². The zero-order chi connectivity index (χ0) is 10.4. The number of hydrogen-bond acceptors (Lipinski definition) is 4. The molecule has 84 valence electrons. The summed E-state index contributed by atoms with van der Waals surface area (Å²) >= 11 is 0. The third kappa shape index (κ3) is 3.53. The smallest absolute Gasteiger partial charge is 0.169 e. The SMILES string of the molecule is COC(CNC1(C)CCCOC1)OC. The molecule has 0 bridgehead atoms. The predicted octanol–water partition coefficient (Wildman–Crippen LogP) is 0.764. The van der Waals surface area contributed by atoms with E-state index in [-0.39, 0.29) is 11.8 Å². The van der Waals surface area contributed by atoms with Crippen molar-refractivity contribution in [3.63, 3.8) is 0 Å². The zero-order valence-electron chi connectivity index (χ0n) is 9.34. The number of hydrogen-bond donors (Lipinski definition) is 1. The molecule has 0 amide bonds. The second-order valence-corrected chi connectivity index (χ2v) is 4.00. The largest absolute Gasteiger partial charge is 0.380 e. The summed E-state index contributed by atoms with van der Waals surface area (Å²) in [6, 6.07) is 0. The molecule has 0 aromatic carbocycles. The van der Waals surface area contributed by atoms with Crippen LogP contribution in [-0.4, -0.2) is 45.8 Å². The Kier molecular flexibility index (Phi) is 4.81. The lowest BCUT2D eigenvalue weighted by Crippen LogP contribution is -2.51. The lowest BCUT2D eigenvalue weighted by atomic mass is 9.95. The van der Waals surface area contributed by atoms with Crippen molar-refractivity contribution in [3.8, 4) is 0 Å². The lowest BCUT2D eigenvalue weighted by Gasteiger charge is -2.35. The Morgan fingerprint density at radius 3 is 2.64 bits per heavy atom. The van der Waals surface area contributed by atoms with Crippen molar-refractivity contribution in [3.05, 3.63) is 0 Å². The average molecular weight is 203 g/mol. The molecule has 0 radical (unpaired) electrons. The molecule has 4 heteroatoms. The van der Waals surface area contributed by atoms with Gasteiger partial charge in [-0.3, -0.25) is 0 Å². The predicted molar refractivity (Wildman–Crippen MR) is 54.3 cm³/mol. The quantitative estimate of drug-likeness (QED) is 0.670. The molecule has 0 saturated carbocycles. The maximum atomic E-state index is 5.44. The Balaban J connectivity index is 2.27. The Morgan fingerprint density at radius 1 is 1.43 bits per heavy atom. The Labute approximate surface area is 85.9 Å². The monoisotopic (exact) mass is 203 g/mol. The molecule has 1 aliphatic heterocycles. The summed E-state index contributed by atoms with van der Waals surface area (Å²) in [4.78, 5) is 0. The third-order valence-corrected chi connectivity index (χ3v) is 2.66. The van der Waals surface area contributed by atoms with Gasteiger partial charge in [-0.15, -0.1) is 0 Å². The van der Waals surface area contributed by atoms with Gasteiger partial charge in [0.1, 0.15) is 0 Å². The first-order valence-corrected chi connectivity index (χ1v) is 5.08. The van der Waals surface area contributed by atoms with E-state index >= 15 is 0 Å². The van der Waals surface area contributed by atoms with E-state index in [9.17, 15) is 0 Å². The van der Waals surface area contributed by atoms with Crippen LogP contribution in [0.5, 0.6) is 0 Å². The van der Waals surface area contributed by atoms with Crippen molar-refractivity contribution in [1.29, 1.82) is 0 Å².